The van der Waals surface area contributed by atoms with Crippen LogP contribution in [-0.2, 0) is 0 Å². The van der Waals surface area contributed by atoms with E-state index in [0.717, 1.165) is 5.92 Å². The van der Waals surface area contributed by atoms with Crippen molar-refractivity contribution >= 4 is 11.8 Å². The van der Waals surface area contributed by atoms with E-state index in [1.165, 1.54) is 49.2 Å². The lowest BCUT2D eigenvalue weighted by atomic mass is 9.71. The third-order valence-corrected chi connectivity index (χ3v) is 6.38. The maximum Gasteiger partial charge on any atom is 0.0160 e. The molecule has 1 atom stereocenters. The standard InChI is InChI=1S/C17H25NS/c1-2-13-7-9-17(18,10-8-13)11-14-12-19-16-6-4-3-5-15(14)16/h3-6,13-14H,2,7-12,18H2,1H3. The first kappa shape index (κ1) is 13.5. The Labute approximate surface area is 121 Å². The number of fused-ring (bicyclic) bond motifs is 1. The first-order valence-corrected chi connectivity index (χ1v) is 8.69. The Bertz CT molecular complexity index is 435. The highest BCUT2D eigenvalue weighted by Crippen LogP contribution is 2.45. The molecular weight excluding hydrogens is 250 g/mol. The van der Waals surface area contributed by atoms with E-state index in [0.29, 0.717) is 5.92 Å². The van der Waals surface area contributed by atoms with Gasteiger partial charge >= 0.3 is 0 Å². The van der Waals surface area contributed by atoms with Gasteiger partial charge in [0.1, 0.15) is 0 Å². The molecule has 1 saturated carbocycles. The summed E-state index contributed by atoms with van der Waals surface area (Å²) < 4.78 is 0. The molecule has 1 aliphatic heterocycles. The van der Waals surface area contributed by atoms with E-state index in [1.807, 2.05) is 11.8 Å². The fourth-order valence-electron chi connectivity index (χ4n) is 3.75. The second-order valence-corrected chi connectivity index (χ2v) is 7.53. The van der Waals surface area contributed by atoms with Crippen LogP contribution in [0, 0.1) is 5.92 Å². The van der Waals surface area contributed by atoms with Crippen LogP contribution in [0.5, 0.6) is 0 Å². The van der Waals surface area contributed by atoms with Crippen molar-refractivity contribution in [2.24, 2.45) is 11.7 Å². The van der Waals surface area contributed by atoms with Crippen molar-refractivity contribution in [2.75, 3.05) is 5.75 Å². The number of hydrogen-bond donors (Lipinski definition) is 1. The molecule has 19 heavy (non-hydrogen) atoms. The maximum atomic E-state index is 6.70. The summed E-state index contributed by atoms with van der Waals surface area (Å²) in [6.45, 7) is 2.32. The lowest BCUT2D eigenvalue weighted by Crippen LogP contribution is -2.44. The van der Waals surface area contributed by atoms with E-state index in [1.54, 1.807) is 5.56 Å². The first-order chi connectivity index (χ1) is 9.20. The van der Waals surface area contributed by atoms with Gasteiger partial charge in [-0.1, -0.05) is 31.5 Å². The van der Waals surface area contributed by atoms with Crippen LogP contribution >= 0.6 is 11.8 Å². The fourth-order valence-corrected chi connectivity index (χ4v) is 5.01. The van der Waals surface area contributed by atoms with Crippen LogP contribution in [0.15, 0.2) is 29.2 Å². The predicted octanol–water partition coefficient (Wildman–Crippen LogP) is 4.56. The Morgan fingerprint density at radius 1 is 1.26 bits per heavy atom. The largest absolute Gasteiger partial charge is 0.325 e. The van der Waals surface area contributed by atoms with Crippen molar-refractivity contribution in [3.8, 4) is 0 Å². The zero-order valence-electron chi connectivity index (χ0n) is 11.9. The molecule has 2 N–H and O–H groups in total. The Hall–Kier alpha value is -0.470. The molecule has 1 aromatic rings. The highest BCUT2D eigenvalue weighted by molar-refractivity contribution is 7.99. The van der Waals surface area contributed by atoms with Gasteiger partial charge in [-0.2, -0.15) is 0 Å². The Kier molecular flexibility index (Phi) is 3.91. The number of benzene rings is 1. The van der Waals surface area contributed by atoms with Crippen LogP contribution in [0.25, 0.3) is 0 Å². The number of nitrogens with two attached hydrogens (primary N) is 1. The van der Waals surface area contributed by atoms with E-state index in [9.17, 15) is 0 Å². The Balaban J connectivity index is 1.66. The van der Waals surface area contributed by atoms with Gasteiger partial charge in [0.05, 0.1) is 0 Å². The van der Waals surface area contributed by atoms with Gasteiger partial charge in [-0.3, -0.25) is 0 Å². The summed E-state index contributed by atoms with van der Waals surface area (Å²) in [4.78, 5) is 1.48. The van der Waals surface area contributed by atoms with Crippen molar-refractivity contribution in [2.45, 2.75) is 61.8 Å². The van der Waals surface area contributed by atoms with Crippen molar-refractivity contribution in [1.82, 2.24) is 0 Å². The van der Waals surface area contributed by atoms with Crippen LogP contribution in [-0.4, -0.2) is 11.3 Å². The van der Waals surface area contributed by atoms with Gasteiger partial charge in [-0.15, -0.1) is 11.8 Å². The highest BCUT2D eigenvalue weighted by atomic mass is 32.2. The molecule has 1 unspecified atom stereocenters. The second-order valence-electron chi connectivity index (χ2n) is 6.46. The van der Waals surface area contributed by atoms with Crippen molar-refractivity contribution in [3.05, 3.63) is 29.8 Å². The van der Waals surface area contributed by atoms with Gasteiger partial charge in [0.15, 0.2) is 0 Å². The van der Waals surface area contributed by atoms with Crippen LogP contribution in [0.2, 0.25) is 0 Å². The van der Waals surface area contributed by atoms with E-state index in [2.05, 4.69) is 31.2 Å². The average Bonchev–Trinajstić information content (AvgIpc) is 2.83. The number of hydrogen-bond acceptors (Lipinski definition) is 2. The molecule has 1 heterocycles. The van der Waals surface area contributed by atoms with E-state index >= 15 is 0 Å². The third kappa shape index (κ3) is 2.85. The molecular formula is C17H25NS. The monoisotopic (exact) mass is 275 g/mol. The molecule has 0 bridgehead atoms. The SMILES string of the molecule is CCC1CCC(N)(CC2CSc3ccccc32)CC1. The molecule has 0 aromatic heterocycles. The minimum Gasteiger partial charge on any atom is -0.325 e. The topological polar surface area (TPSA) is 26.0 Å². The van der Waals surface area contributed by atoms with Crippen LogP contribution in [0.4, 0.5) is 0 Å². The lowest BCUT2D eigenvalue weighted by Gasteiger charge is -2.38. The molecule has 0 radical (unpaired) electrons. The van der Waals surface area contributed by atoms with Crippen molar-refractivity contribution in [3.63, 3.8) is 0 Å². The Morgan fingerprint density at radius 2 is 2.00 bits per heavy atom. The molecule has 1 nitrogen and oxygen atoms in total. The number of rotatable bonds is 3. The van der Waals surface area contributed by atoms with Crippen LogP contribution < -0.4 is 5.73 Å². The third-order valence-electron chi connectivity index (χ3n) is 5.13. The lowest BCUT2D eigenvalue weighted by molar-refractivity contribution is 0.210. The molecule has 2 heteroatoms. The van der Waals surface area contributed by atoms with Gasteiger partial charge in [0, 0.05) is 16.2 Å². The molecule has 1 aromatic carbocycles. The summed E-state index contributed by atoms with van der Waals surface area (Å²) in [5, 5.41) is 0. The highest BCUT2D eigenvalue weighted by Gasteiger charge is 2.35. The molecule has 3 rings (SSSR count). The normalized spacial score (nSPS) is 34.2. The molecule has 0 spiro atoms. The van der Waals surface area contributed by atoms with E-state index < -0.39 is 0 Å². The van der Waals surface area contributed by atoms with Crippen LogP contribution in [0.1, 0.15) is 56.9 Å². The van der Waals surface area contributed by atoms with Gasteiger partial charge in [0.2, 0.25) is 0 Å². The number of thioether (sulfide) groups is 1. The molecule has 1 aliphatic carbocycles. The molecule has 1 fully saturated rings. The summed E-state index contributed by atoms with van der Waals surface area (Å²) in [6.07, 6.45) is 7.67. The minimum atomic E-state index is 0.106. The van der Waals surface area contributed by atoms with Crippen LogP contribution in [0.3, 0.4) is 0 Å². The molecule has 0 amide bonds. The van der Waals surface area contributed by atoms with Gasteiger partial charge < -0.3 is 5.73 Å². The zero-order chi connectivity index (χ0) is 13.3. The minimum absolute atomic E-state index is 0.106. The summed E-state index contributed by atoms with van der Waals surface area (Å²) in [5.41, 5.74) is 8.36. The fraction of sp³-hybridized carbons (Fsp3) is 0.647. The summed E-state index contributed by atoms with van der Waals surface area (Å²) in [7, 11) is 0. The smallest absolute Gasteiger partial charge is 0.0160 e. The summed E-state index contributed by atoms with van der Waals surface area (Å²) in [6, 6.07) is 8.89. The van der Waals surface area contributed by atoms with Crippen molar-refractivity contribution in [1.29, 1.82) is 0 Å². The van der Waals surface area contributed by atoms with E-state index in [-0.39, 0.29) is 5.54 Å². The second kappa shape index (κ2) is 5.49. The van der Waals surface area contributed by atoms with E-state index in [4.69, 9.17) is 5.73 Å². The summed E-state index contributed by atoms with van der Waals surface area (Å²) >= 11 is 2.01. The average molecular weight is 275 g/mol. The zero-order valence-corrected chi connectivity index (χ0v) is 12.7. The quantitative estimate of drug-likeness (QED) is 0.875. The maximum absolute atomic E-state index is 6.70. The first-order valence-electron chi connectivity index (χ1n) is 7.71. The Morgan fingerprint density at radius 3 is 2.74 bits per heavy atom. The summed E-state index contributed by atoms with van der Waals surface area (Å²) in [5.74, 6) is 2.85. The van der Waals surface area contributed by atoms with Gasteiger partial charge in [0.25, 0.3) is 0 Å². The predicted molar refractivity (Wildman–Crippen MR) is 83.7 cm³/mol. The molecule has 0 saturated heterocycles. The van der Waals surface area contributed by atoms with Gasteiger partial charge in [-0.25, -0.2) is 0 Å². The molecule has 2 aliphatic rings. The molecule has 104 valence electrons. The van der Waals surface area contributed by atoms with Crippen molar-refractivity contribution < 1.29 is 0 Å². The van der Waals surface area contributed by atoms with Gasteiger partial charge in [-0.05, 0) is 55.6 Å².